The summed E-state index contributed by atoms with van der Waals surface area (Å²) in [5, 5.41) is 19.5. The third kappa shape index (κ3) is 2.52. The summed E-state index contributed by atoms with van der Waals surface area (Å²) in [6, 6.07) is 7.32. The van der Waals surface area contributed by atoms with E-state index in [0.29, 0.717) is 12.8 Å². The highest BCUT2D eigenvalue weighted by Crippen LogP contribution is 2.24. The molecule has 1 fully saturated rings. The fourth-order valence-corrected chi connectivity index (χ4v) is 2.94. The normalized spacial score (nSPS) is 25.4. The van der Waals surface area contributed by atoms with Crippen molar-refractivity contribution >= 4 is 16.9 Å². The molecule has 1 aliphatic rings. The molecule has 0 aliphatic heterocycles. The largest absolute Gasteiger partial charge is 0.390 e. The highest BCUT2D eigenvalue weighted by Gasteiger charge is 2.37. The first-order valence-corrected chi connectivity index (χ1v) is 7.09. The summed E-state index contributed by atoms with van der Waals surface area (Å²) in [5.41, 5.74) is 1.76. The number of aliphatic hydroxyl groups is 2. The smallest absolute Gasteiger partial charge is 0.242 e. The number of imidazole rings is 1. The Hall–Kier alpha value is -1.92. The van der Waals surface area contributed by atoms with Crippen LogP contribution < -0.4 is 0 Å². The third-order valence-electron chi connectivity index (χ3n) is 4.27. The summed E-state index contributed by atoms with van der Waals surface area (Å²) >= 11 is 0. The average Bonchev–Trinajstić information content (AvgIpc) is 3.04. The minimum Gasteiger partial charge on any atom is -0.390 e. The van der Waals surface area contributed by atoms with E-state index in [0.717, 1.165) is 11.0 Å². The van der Waals surface area contributed by atoms with Crippen LogP contribution in [0, 0.1) is 0 Å². The van der Waals surface area contributed by atoms with Crippen molar-refractivity contribution < 1.29 is 15.0 Å². The minimum absolute atomic E-state index is 0.101. The van der Waals surface area contributed by atoms with Gasteiger partial charge < -0.3 is 19.7 Å². The lowest BCUT2D eigenvalue weighted by Gasteiger charge is -2.28. The fraction of sp³-hybridized carbons (Fsp3) is 0.467. The molecule has 1 aromatic heterocycles. The quantitative estimate of drug-likeness (QED) is 0.856. The summed E-state index contributed by atoms with van der Waals surface area (Å²) in [6.07, 6.45) is 1.20. The molecule has 0 saturated heterocycles. The number of amides is 1. The third-order valence-corrected chi connectivity index (χ3v) is 4.27. The van der Waals surface area contributed by atoms with Gasteiger partial charge in [-0.2, -0.15) is 0 Å². The molecule has 0 unspecified atom stereocenters. The van der Waals surface area contributed by atoms with Crippen molar-refractivity contribution in [3.63, 3.8) is 0 Å². The van der Waals surface area contributed by atoms with Gasteiger partial charge in [0.15, 0.2) is 0 Å². The zero-order valence-electron chi connectivity index (χ0n) is 11.9. The summed E-state index contributed by atoms with van der Waals surface area (Å²) in [7, 11) is 1.67. The van der Waals surface area contributed by atoms with E-state index < -0.39 is 12.2 Å². The van der Waals surface area contributed by atoms with Gasteiger partial charge in [-0.3, -0.25) is 4.79 Å². The molecule has 6 nitrogen and oxygen atoms in total. The number of rotatable bonds is 3. The van der Waals surface area contributed by atoms with E-state index in [1.165, 1.54) is 4.90 Å². The van der Waals surface area contributed by atoms with Crippen molar-refractivity contribution in [2.24, 2.45) is 0 Å². The molecule has 6 heteroatoms. The predicted octanol–water partition coefficient (Wildman–Crippen LogP) is 0.379. The number of benzene rings is 1. The summed E-state index contributed by atoms with van der Waals surface area (Å²) in [5.74, 6) is -0.101. The first-order valence-electron chi connectivity index (χ1n) is 7.09. The molecule has 3 rings (SSSR count). The first kappa shape index (κ1) is 14.0. The van der Waals surface area contributed by atoms with E-state index in [2.05, 4.69) is 4.98 Å². The lowest BCUT2D eigenvalue weighted by atomic mass is 10.2. The van der Waals surface area contributed by atoms with Crippen molar-refractivity contribution in [1.29, 1.82) is 0 Å². The SMILES string of the molecule is CN(C(=O)Cn1cnc2ccccc21)[C@@H]1CC[C@@H](O)[C@@H]1O. The van der Waals surface area contributed by atoms with Crippen molar-refractivity contribution in [3.8, 4) is 0 Å². The van der Waals surface area contributed by atoms with Crippen LogP contribution in [0.1, 0.15) is 12.8 Å². The number of para-hydroxylation sites is 2. The maximum absolute atomic E-state index is 12.4. The number of aliphatic hydroxyl groups excluding tert-OH is 2. The number of nitrogens with zero attached hydrogens (tertiary/aromatic N) is 3. The Labute approximate surface area is 122 Å². The lowest BCUT2D eigenvalue weighted by Crippen LogP contribution is -2.45. The van der Waals surface area contributed by atoms with Gasteiger partial charge in [-0.1, -0.05) is 12.1 Å². The van der Waals surface area contributed by atoms with Gasteiger partial charge in [-0.25, -0.2) is 4.98 Å². The summed E-state index contributed by atoms with van der Waals surface area (Å²) < 4.78 is 1.80. The minimum atomic E-state index is -0.863. The zero-order valence-corrected chi connectivity index (χ0v) is 11.9. The molecule has 112 valence electrons. The van der Waals surface area contributed by atoms with E-state index >= 15 is 0 Å². The number of carbonyl (C=O) groups excluding carboxylic acids is 1. The van der Waals surface area contributed by atoms with Crippen LogP contribution in [0.5, 0.6) is 0 Å². The maximum atomic E-state index is 12.4. The molecule has 1 aliphatic carbocycles. The van der Waals surface area contributed by atoms with E-state index in [-0.39, 0.29) is 18.5 Å². The van der Waals surface area contributed by atoms with Crippen LogP contribution in [0.15, 0.2) is 30.6 Å². The van der Waals surface area contributed by atoms with Crippen molar-refractivity contribution in [3.05, 3.63) is 30.6 Å². The average molecular weight is 289 g/mol. The first-order chi connectivity index (χ1) is 10.1. The second-order valence-electron chi connectivity index (χ2n) is 5.57. The maximum Gasteiger partial charge on any atom is 0.242 e. The number of hydrogen-bond acceptors (Lipinski definition) is 4. The molecular weight excluding hydrogens is 270 g/mol. The molecule has 1 saturated carbocycles. The van der Waals surface area contributed by atoms with Gasteiger partial charge in [-0.05, 0) is 25.0 Å². The van der Waals surface area contributed by atoms with Gasteiger partial charge in [0.25, 0.3) is 0 Å². The van der Waals surface area contributed by atoms with E-state index in [1.807, 2.05) is 24.3 Å². The zero-order chi connectivity index (χ0) is 15.0. The Morgan fingerprint density at radius 1 is 1.38 bits per heavy atom. The van der Waals surface area contributed by atoms with Gasteiger partial charge in [0.2, 0.25) is 5.91 Å². The Balaban J connectivity index is 1.74. The van der Waals surface area contributed by atoms with Crippen molar-refractivity contribution in [2.45, 2.75) is 37.6 Å². The van der Waals surface area contributed by atoms with Crippen LogP contribution in [0.2, 0.25) is 0 Å². The number of likely N-dealkylation sites (N-methyl/N-ethyl adjacent to an activating group) is 1. The Morgan fingerprint density at radius 2 is 2.14 bits per heavy atom. The molecule has 0 radical (unpaired) electrons. The molecule has 1 aromatic carbocycles. The van der Waals surface area contributed by atoms with Crippen LogP contribution in [0.4, 0.5) is 0 Å². The fourth-order valence-electron chi connectivity index (χ4n) is 2.94. The van der Waals surface area contributed by atoms with Crippen LogP contribution in [0.3, 0.4) is 0 Å². The topological polar surface area (TPSA) is 78.6 Å². The molecule has 21 heavy (non-hydrogen) atoms. The number of hydrogen-bond donors (Lipinski definition) is 2. The predicted molar refractivity (Wildman–Crippen MR) is 77.5 cm³/mol. The van der Waals surface area contributed by atoms with Crippen LogP contribution in [-0.4, -0.2) is 55.9 Å². The lowest BCUT2D eigenvalue weighted by molar-refractivity contribution is -0.135. The number of carbonyl (C=O) groups is 1. The van der Waals surface area contributed by atoms with Crippen LogP contribution >= 0.6 is 0 Å². The monoisotopic (exact) mass is 289 g/mol. The Morgan fingerprint density at radius 3 is 2.86 bits per heavy atom. The van der Waals surface area contributed by atoms with E-state index in [4.69, 9.17) is 0 Å². The standard InChI is InChI=1S/C15H19N3O3/c1-17(12-6-7-13(19)15(12)21)14(20)8-18-9-16-10-4-2-3-5-11(10)18/h2-5,9,12-13,15,19,21H,6-8H2,1H3/t12-,13-,15-/m1/s1. The van der Waals surface area contributed by atoms with Crippen molar-refractivity contribution in [1.82, 2.24) is 14.5 Å². The van der Waals surface area contributed by atoms with E-state index in [9.17, 15) is 15.0 Å². The Kier molecular flexibility index (Phi) is 3.65. The second-order valence-corrected chi connectivity index (χ2v) is 5.57. The molecule has 1 amide bonds. The molecule has 0 spiro atoms. The van der Waals surface area contributed by atoms with Crippen LogP contribution in [0.25, 0.3) is 11.0 Å². The second kappa shape index (κ2) is 5.46. The molecular formula is C15H19N3O3. The van der Waals surface area contributed by atoms with Crippen molar-refractivity contribution in [2.75, 3.05) is 7.05 Å². The molecule has 1 heterocycles. The molecule has 2 aromatic rings. The summed E-state index contributed by atoms with van der Waals surface area (Å²) in [6.45, 7) is 0.177. The Bertz CT molecular complexity index is 654. The van der Waals surface area contributed by atoms with Gasteiger partial charge in [0, 0.05) is 7.05 Å². The molecule has 3 atom stereocenters. The number of aromatic nitrogens is 2. The number of fused-ring (bicyclic) bond motifs is 1. The highest BCUT2D eigenvalue weighted by molar-refractivity contribution is 5.80. The van der Waals surface area contributed by atoms with Gasteiger partial charge >= 0.3 is 0 Å². The molecule has 2 N–H and O–H groups in total. The highest BCUT2D eigenvalue weighted by atomic mass is 16.3. The van der Waals surface area contributed by atoms with Gasteiger partial charge in [0.1, 0.15) is 12.6 Å². The van der Waals surface area contributed by atoms with Gasteiger partial charge in [-0.15, -0.1) is 0 Å². The van der Waals surface area contributed by atoms with Crippen LogP contribution in [-0.2, 0) is 11.3 Å². The summed E-state index contributed by atoms with van der Waals surface area (Å²) in [4.78, 5) is 18.2. The molecule has 0 bridgehead atoms. The van der Waals surface area contributed by atoms with Gasteiger partial charge in [0.05, 0.1) is 29.5 Å². The van der Waals surface area contributed by atoms with E-state index in [1.54, 1.807) is 17.9 Å².